The summed E-state index contributed by atoms with van der Waals surface area (Å²) in [6.07, 6.45) is 4.03. The summed E-state index contributed by atoms with van der Waals surface area (Å²) in [5.41, 5.74) is 0. The molecule has 0 aromatic rings. The van der Waals surface area contributed by atoms with Gasteiger partial charge in [-0.25, -0.2) is 9.59 Å². The maximum atomic E-state index is 11.6. The molecule has 1 aliphatic carbocycles. The second kappa shape index (κ2) is 5.56. The lowest BCUT2D eigenvalue weighted by Crippen LogP contribution is -2.49. The summed E-state index contributed by atoms with van der Waals surface area (Å²) < 4.78 is 0. The average Bonchev–Trinajstić information content (AvgIpc) is 3.07. The molecule has 6 heteroatoms. The van der Waals surface area contributed by atoms with Crippen LogP contribution in [0, 0.1) is 5.92 Å². The van der Waals surface area contributed by atoms with E-state index in [1.54, 1.807) is 0 Å². The minimum Gasteiger partial charge on any atom is -0.480 e. The van der Waals surface area contributed by atoms with Crippen LogP contribution in [0.1, 0.15) is 25.7 Å². The van der Waals surface area contributed by atoms with E-state index in [0.717, 1.165) is 32.2 Å². The summed E-state index contributed by atoms with van der Waals surface area (Å²) in [6, 6.07) is -0.721. The summed E-state index contributed by atoms with van der Waals surface area (Å²) >= 11 is 0. The molecule has 2 rings (SSSR count). The van der Waals surface area contributed by atoms with Crippen molar-refractivity contribution in [1.82, 2.24) is 15.5 Å². The van der Waals surface area contributed by atoms with Gasteiger partial charge in [0.05, 0.1) is 0 Å². The predicted octanol–water partition coefficient (Wildman–Crippen LogP) is 0.243. The highest BCUT2D eigenvalue weighted by Crippen LogP contribution is 2.32. The van der Waals surface area contributed by atoms with Gasteiger partial charge in [0.25, 0.3) is 0 Å². The lowest BCUT2D eigenvalue weighted by Gasteiger charge is -2.21. The van der Waals surface area contributed by atoms with Crippen molar-refractivity contribution >= 4 is 12.0 Å². The molecule has 2 atom stereocenters. The van der Waals surface area contributed by atoms with Gasteiger partial charge in [-0.05, 0) is 45.2 Å². The third-order valence-corrected chi connectivity index (χ3v) is 3.82. The second-order valence-electron chi connectivity index (χ2n) is 5.28. The summed E-state index contributed by atoms with van der Waals surface area (Å²) in [4.78, 5) is 24.8. The SMILES string of the molecule is CN1CCCC1CNC(=O)NC(C(=O)O)C1CC1. The monoisotopic (exact) mass is 255 g/mol. The number of urea groups is 1. The van der Waals surface area contributed by atoms with Gasteiger partial charge in [-0.15, -0.1) is 0 Å². The summed E-state index contributed by atoms with van der Waals surface area (Å²) in [7, 11) is 2.04. The number of likely N-dealkylation sites (tertiary alicyclic amines) is 1. The Morgan fingerprint density at radius 1 is 1.39 bits per heavy atom. The number of nitrogens with one attached hydrogen (secondary N) is 2. The Bertz CT molecular complexity index is 331. The molecular weight excluding hydrogens is 234 g/mol. The number of carbonyl (C=O) groups excluding carboxylic acids is 1. The van der Waals surface area contributed by atoms with E-state index in [0.29, 0.717) is 12.6 Å². The van der Waals surface area contributed by atoms with Gasteiger partial charge in [0.1, 0.15) is 6.04 Å². The van der Waals surface area contributed by atoms with Gasteiger partial charge in [0.2, 0.25) is 0 Å². The highest BCUT2D eigenvalue weighted by molar-refractivity contribution is 5.83. The maximum Gasteiger partial charge on any atom is 0.326 e. The molecule has 0 radical (unpaired) electrons. The number of carboxylic acids is 1. The van der Waals surface area contributed by atoms with Crippen LogP contribution in [0.15, 0.2) is 0 Å². The van der Waals surface area contributed by atoms with Crippen LogP contribution in [0.25, 0.3) is 0 Å². The number of likely N-dealkylation sites (N-methyl/N-ethyl adjacent to an activating group) is 1. The molecule has 2 amide bonds. The summed E-state index contributed by atoms with van der Waals surface area (Å²) in [5.74, 6) is -0.826. The fraction of sp³-hybridized carbons (Fsp3) is 0.833. The zero-order valence-corrected chi connectivity index (χ0v) is 10.7. The van der Waals surface area contributed by atoms with Crippen molar-refractivity contribution in [2.75, 3.05) is 20.1 Å². The van der Waals surface area contributed by atoms with Gasteiger partial charge in [-0.2, -0.15) is 0 Å². The Balaban J connectivity index is 1.72. The van der Waals surface area contributed by atoms with Crippen molar-refractivity contribution in [2.24, 2.45) is 5.92 Å². The van der Waals surface area contributed by atoms with E-state index in [9.17, 15) is 9.59 Å². The van der Waals surface area contributed by atoms with Gasteiger partial charge in [-0.1, -0.05) is 0 Å². The Labute approximate surface area is 107 Å². The van der Waals surface area contributed by atoms with Crippen molar-refractivity contribution in [1.29, 1.82) is 0 Å². The molecule has 102 valence electrons. The molecule has 1 heterocycles. The second-order valence-corrected chi connectivity index (χ2v) is 5.28. The van der Waals surface area contributed by atoms with Gasteiger partial charge in [0.15, 0.2) is 0 Å². The third kappa shape index (κ3) is 3.35. The molecule has 0 aromatic heterocycles. The number of carbonyl (C=O) groups is 2. The van der Waals surface area contributed by atoms with Gasteiger partial charge in [-0.3, -0.25) is 0 Å². The molecule has 2 unspecified atom stereocenters. The topological polar surface area (TPSA) is 81.7 Å². The highest BCUT2D eigenvalue weighted by atomic mass is 16.4. The van der Waals surface area contributed by atoms with E-state index >= 15 is 0 Å². The Morgan fingerprint density at radius 3 is 2.61 bits per heavy atom. The molecule has 2 fully saturated rings. The zero-order chi connectivity index (χ0) is 13.1. The van der Waals surface area contributed by atoms with Gasteiger partial charge < -0.3 is 20.6 Å². The summed E-state index contributed by atoms with van der Waals surface area (Å²) in [5, 5.41) is 14.3. The van der Waals surface area contributed by atoms with Gasteiger partial charge >= 0.3 is 12.0 Å². The number of nitrogens with zero attached hydrogens (tertiary/aromatic N) is 1. The predicted molar refractivity (Wildman–Crippen MR) is 66.3 cm³/mol. The van der Waals surface area contributed by atoms with Crippen molar-refractivity contribution in [3.63, 3.8) is 0 Å². The van der Waals surface area contributed by atoms with E-state index in [4.69, 9.17) is 5.11 Å². The van der Waals surface area contributed by atoms with Crippen LogP contribution in [-0.4, -0.2) is 54.2 Å². The Hall–Kier alpha value is -1.30. The average molecular weight is 255 g/mol. The molecule has 3 N–H and O–H groups in total. The van der Waals surface area contributed by atoms with Crippen LogP contribution in [0.5, 0.6) is 0 Å². The fourth-order valence-electron chi connectivity index (χ4n) is 2.45. The Kier molecular flexibility index (Phi) is 4.06. The minimum atomic E-state index is -0.939. The van der Waals surface area contributed by atoms with Crippen LogP contribution in [0.3, 0.4) is 0 Å². The molecule has 0 bridgehead atoms. The first-order valence-electron chi connectivity index (χ1n) is 6.55. The lowest BCUT2D eigenvalue weighted by molar-refractivity contribution is -0.139. The number of hydrogen-bond donors (Lipinski definition) is 3. The number of aliphatic carboxylic acids is 1. The number of carboxylic acid groups (broad SMARTS) is 1. The van der Waals surface area contributed by atoms with Crippen molar-refractivity contribution in [3.05, 3.63) is 0 Å². The standard InChI is InChI=1S/C12H21N3O3/c1-15-6-2-3-9(15)7-13-12(18)14-10(11(16)17)8-4-5-8/h8-10H,2-7H2,1H3,(H,16,17)(H2,13,14,18). The fourth-order valence-corrected chi connectivity index (χ4v) is 2.45. The van der Waals surface area contributed by atoms with E-state index in [1.165, 1.54) is 0 Å². The molecule has 1 saturated carbocycles. The van der Waals surface area contributed by atoms with E-state index in [1.807, 2.05) is 7.05 Å². The Morgan fingerprint density at radius 2 is 2.11 bits per heavy atom. The molecule has 1 aliphatic heterocycles. The largest absolute Gasteiger partial charge is 0.480 e. The first-order valence-corrected chi connectivity index (χ1v) is 6.55. The number of hydrogen-bond acceptors (Lipinski definition) is 3. The third-order valence-electron chi connectivity index (χ3n) is 3.82. The molecule has 0 aromatic carbocycles. The van der Waals surface area contributed by atoms with Crippen molar-refractivity contribution in [2.45, 2.75) is 37.8 Å². The van der Waals surface area contributed by atoms with E-state index in [2.05, 4.69) is 15.5 Å². The molecule has 1 saturated heterocycles. The van der Waals surface area contributed by atoms with Crippen molar-refractivity contribution in [3.8, 4) is 0 Å². The molecule has 18 heavy (non-hydrogen) atoms. The molecule has 2 aliphatic rings. The van der Waals surface area contributed by atoms with Crippen LogP contribution in [-0.2, 0) is 4.79 Å². The smallest absolute Gasteiger partial charge is 0.326 e. The van der Waals surface area contributed by atoms with Crippen LogP contribution in [0.2, 0.25) is 0 Å². The van der Waals surface area contributed by atoms with Crippen LogP contribution < -0.4 is 10.6 Å². The zero-order valence-electron chi connectivity index (χ0n) is 10.7. The molecular formula is C12H21N3O3. The molecule has 0 spiro atoms. The molecule has 6 nitrogen and oxygen atoms in total. The quantitative estimate of drug-likeness (QED) is 0.657. The first kappa shape index (κ1) is 13.1. The van der Waals surface area contributed by atoms with Gasteiger partial charge in [0, 0.05) is 12.6 Å². The van der Waals surface area contributed by atoms with E-state index in [-0.39, 0.29) is 11.9 Å². The van der Waals surface area contributed by atoms with Crippen molar-refractivity contribution < 1.29 is 14.7 Å². The van der Waals surface area contributed by atoms with Crippen LogP contribution in [0.4, 0.5) is 4.79 Å². The van der Waals surface area contributed by atoms with E-state index < -0.39 is 12.0 Å². The number of amides is 2. The normalized spacial score (nSPS) is 25.7. The maximum absolute atomic E-state index is 11.6. The summed E-state index contributed by atoms with van der Waals surface area (Å²) in [6.45, 7) is 1.65. The minimum absolute atomic E-state index is 0.113. The number of rotatable bonds is 5. The highest BCUT2D eigenvalue weighted by Gasteiger charge is 2.37. The van der Waals surface area contributed by atoms with Crippen LogP contribution >= 0.6 is 0 Å². The lowest BCUT2D eigenvalue weighted by atomic mass is 10.2. The first-order chi connectivity index (χ1) is 8.58.